The Morgan fingerprint density at radius 3 is 2.74 bits per heavy atom. The summed E-state index contributed by atoms with van der Waals surface area (Å²) in [5, 5.41) is 11.0. The Morgan fingerprint density at radius 2 is 2.04 bits per heavy atom. The molecule has 7 nitrogen and oxygen atoms in total. The predicted octanol–water partition coefficient (Wildman–Crippen LogP) is 3.41. The lowest BCUT2D eigenvalue weighted by Gasteiger charge is -2.22. The summed E-state index contributed by atoms with van der Waals surface area (Å²) in [5.74, 6) is 1.49. The first-order valence-corrected chi connectivity index (χ1v) is 9.11. The molecule has 1 aromatic carbocycles. The number of benzene rings is 1. The quantitative estimate of drug-likeness (QED) is 0.662. The van der Waals surface area contributed by atoms with Gasteiger partial charge in [-0.15, -0.1) is 10.2 Å². The first-order chi connectivity index (χ1) is 13.1. The van der Waals surface area contributed by atoms with Crippen molar-refractivity contribution in [2.45, 2.75) is 39.4 Å². The summed E-state index contributed by atoms with van der Waals surface area (Å²) in [6, 6.07) is 13.9. The molecule has 3 rings (SSSR count). The first kappa shape index (κ1) is 18.7. The molecule has 0 radical (unpaired) electrons. The molecule has 3 aromatic rings. The lowest BCUT2D eigenvalue weighted by atomic mass is 10.1. The van der Waals surface area contributed by atoms with E-state index in [-0.39, 0.29) is 12.1 Å². The molecule has 7 heteroatoms. The highest BCUT2D eigenvalue weighted by atomic mass is 16.3. The van der Waals surface area contributed by atoms with Crippen molar-refractivity contribution in [3.05, 3.63) is 72.2 Å². The van der Waals surface area contributed by atoms with E-state index in [1.165, 1.54) is 5.56 Å². The number of hydrogen-bond acceptors (Lipinski definition) is 4. The van der Waals surface area contributed by atoms with Crippen LogP contribution in [0, 0.1) is 0 Å². The smallest absolute Gasteiger partial charge is 0.318 e. The van der Waals surface area contributed by atoms with Crippen LogP contribution in [-0.2, 0) is 19.5 Å². The Balaban J connectivity index is 1.63. The lowest BCUT2D eigenvalue weighted by molar-refractivity contribution is 0.190. The van der Waals surface area contributed by atoms with Gasteiger partial charge in [0.25, 0.3) is 0 Å². The van der Waals surface area contributed by atoms with Gasteiger partial charge in [0, 0.05) is 12.6 Å². The van der Waals surface area contributed by atoms with E-state index in [1.807, 2.05) is 34.9 Å². The molecular weight excluding hydrogens is 342 g/mol. The molecule has 0 bridgehead atoms. The molecule has 0 spiro atoms. The van der Waals surface area contributed by atoms with Crippen molar-refractivity contribution < 1.29 is 9.21 Å². The van der Waals surface area contributed by atoms with Crippen LogP contribution in [0.25, 0.3) is 0 Å². The van der Waals surface area contributed by atoms with E-state index in [2.05, 4.69) is 41.5 Å². The van der Waals surface area contributed by atoms with Crippen LogP contribution in [0.4, 0.5) is 4.79 Å². The maximum Gasteiger partial charge on any atom is 0.318 e. The number of hydrogen-bond donors (Lipinski definition) is 1. The summed E-state index contributed by atoms with van der Waals surface area (Å²) < 4.78 is 7.36. The number of rotatable bonds is 8. The van der Waals surface area contributed by atoms with Gasteiger partial charge >= 0.3 is 6.03 Å². The average Bonchev–Trinajstić information content (AvgIpc) is 3.35. The number of urea groups is 1. The zero-order valence-corrected chi connectivity index (χ0v) is 15.7. The van der Waals surface area contributed by atoms with Crippen LogP contribution in [0.2, 0.25) is 0 Å². The van der Waals surface area contributed by atoms with Crippen LogP contribution in [-0.4, -0.2) is 32.2 Å². The number of carbonyl (C=O) groups is 1. The first-order valence-electron chi connectivity index (χ1n) is 9.11. The molecule has 0 saturated carbocycles. The maximum absolute atomic E-state index is 12.8. The number of carbonyl (C=O) groups excluding carboxylic acids is 1. The third-order valence-electron chi connectivity index (χ3n) is 4.33. The number of nitrogens with zero attached hydrogens (tertiary/aromatic N) is 4. The normalized spacial score (nSPS) is 10.9. The molecule has 0 aliphatic heterocycles. The Bertz CT molecular complexity index is 827. The Hall–Kier alpha value is -3.09. The van der Waals surface area contributed by atoms with E-state index in [0.29, 0.717) is 19.6 Å². The summed E-state index contributed by atoms with van der Waals surface area (Å²) in [6.07, 6.45) is 4.08. The van der Waals surface area contributed by atoms with Crippen molar-refractivity contribution in [2.24, 2.45) is 0 Å². The standard InChI is InChI=1S/C20H25N5O2/c1-16(2)25-15-22-23-19(25)13-21-20(26)24(14-18-9-6-12-27-18)11-10-17-7-4-3-5-8-17/h3-9,12,15-16H,10-11,13-14H2,1-2H3,(H,21,26). The second kappa shape index (κ2) is 9.02. The van der Waals surface area contributed by atoms with Crippen molar-refractivity contribution in [3.8, 4) is 0 Å². The zero-order chi connectivity index (χ0) is 19.1. The molecule has 0 fully saturated rings. The van der Waals surface area contributed by atoms with Crippen LogP contribution in [0.1, 0.15) is 37.0 Å². The molecule has 27 heavy (non-hydrogen) atoms. The van der Waals surface area contributed by atoms with Crippen molar-refractivity contribution >= 4 is 6.03 Å². The van der Waals surface area contributed by atoms with Gasteiger partial charge in [0.2, 0.25) is 0 Å². The fourth-order valence-electron chi connectivity index (χ4n) is 2.84. The van der Waals surface area contributed by atoms with E-state index in [1.54, 1.807) is 17.5 Å². The maximum atomic E-state index is 12.8. The highest BCUT2D eigenvalue weighted by molar-refractivity contribution is 5.74. The molecule has 0 unspecified atom stereocenters. The fraction of sp³-hybridized carbons (Fsp3) is 0.350. The van der Waals surface area contributed by atoms with E-state index in [4.69, 9.17) is 4.42 Å². The third kappa shape index (κ3) is 5.20. The van der Waals surface area contributed by atoms with Crippen molar-refractivity contribution in [1.29, 1.82) is 0 Å². The van der Waals surface area contributed by atoms with Crippen molar-refractivity contribution in [2.75, 3.05) is 6.54 Å². The van der Waals surface area contributed by atoms with Gasteiger partial charge in [0.15, 0.2) is 5.82 Å². The van der Waals surface area contributed by atoms with Gasteiger partial charge in [-0.05, 0) is 38.0 Å². The Morgan fingerprint density at radius 1 is 1.22 bits per heavy atom. The molecule has 0 saturated heterocycles. The molecule has 142 valence electrons. The average molecular weight is 367 g/mol. The number of furan rings is 1. The van der Waals surface area contributed by atoms with E-state index < -0.39 is 0 Å². The molecule has 2 aromatic heterocycles. The summed E-state index contributed by atoms with van der Waals surface area (Å²) in [5.41, 5.74) is 1.19. The van der Waals surface area contributed by atoms with E-state index in [9.17, 15) is 4.79 Å². The largest absolute Gasteiger partial charge is 0.467 e. The van der Waals surface area contributed by atoms with Crippen molar-refractivity contribution in [1.82, 2.24) is 25.0 Å². The minimum atomic E-state index is -0.152. The van der Waals surface area contributed by atoms with Crippen LogP contribution >= 0.6 is 0 Å². The minimum absolute atomic E-state index is 0.152. The SMILES string of the molecule is CC(C)n1cnnc1CNC(=O)N(CCc1ccccc1)Cc1ccco1. The second-order valence-corrected chi connectivity index (χ2v) is 6.64. The van der Waals surface area contributed by atoms with Gasteiger partial charge in [-0.2, -0.15) is 0 Å². The number of nitrogens with one attached hydrogen (secondary N) is 1. The lowest BCUT2D eigenvalue weighted by Crippen LogP contribution is -2.40. The summed E-state index contributed by atoms with van der Waals surface area (Å²) >= 11 is 0. The number of amides is 2. The molecular formula is C20H25N5O2. The highest BCUT2D eigenvalue weighted by Gasteiger charge is 2.16. The highest BCUT2D eigenvalue weighted by Crippen LogP contribution is 2.10. The third-order valence-corrected chi connectivity index (χ3v) is 4.33. The summed E-state index contributed by atoms with van der Waals surface area (Å²) in [7, 11) is 0. The fourth-order valence-corrected chi connectivity index (χ4v) is 2.84. The predicted molar refractivity (Wildman–Crippen MR) is 102 cm³/mol. The van der Waals surface area contributed by atoms with Crippen LogP contribution in [0.5, 0.6) is 0 Å². The van der Waals surface area contributed by atoms with E-state index in [0.717, 1.165) is 18.0 Å². The van der Waals surface area contributed by atoms with Gasteiger partial charge in [-0.3, -0.25) is 0 Å². The Kier molecular flexibility index (Phi) is 6.25. The zero-order valence-electron chi connectivity index (χ0n) is 15.7. The van der Waals surface area contributed by atoms with Crippen molar-refractivity contribution in [3.63, 3.8) is 0 Å². The van der Waals surface area contributed by atoms with Gasteiger partial charge in [0.05, 0.1) is 19.4 Å². The molecule has 2 amide bonds. The van der Waals surface area contributed by atoms with Gasteiger partial charge < -0.3 is 19.2 Å². The molecule has 2 heterocycles. The Labute approximate surface area is 159 Å². The van der Waals surface area contributed by atoms with E-state index >= 15 is 0 Å². The van der Waals surface area contributed by atoms with Gasteiger partial charge in [-0.25, -0.2) is 4.79 Å². The summed E-state index contributed by atoms with van der Waals surface area (Å²) in [6.45, 7) is 5.45. The molecule has 0 aliphatic rings. The van der Waals surface area contributed by atoms with Crippen LogP contribution in [0.15, 0.2) is 59.5 Å². The van der Waals surface area contributed by atoms with Gasteiger partial charge in [0.1, 0.15) is 12.1 Å². The molecule has 0 aliphatic carbocycles. The summed E-state index contributed by atoms with van der Waals surface area (Å²) in [4.78, 5) is 14.5. The molecule has 1 N–H and O–H groups in total. The van der Waals surface area contributed by atoms with Crippen LogP contribution < -0.4 is 5.32 Å². The number of aromatic nitrogens is 3. The second-order valence-electron chi connectivity index (χ2n) is 6.64. The topological polar surface area (TPSA) is 76.2 Å². The van der Waals surface area contributed by atoms with Gasteiger partial charge in [-0.1, -0.05) is 30.3 Å². The minimum Gasteiger partial charge on any atom is -0.467 e. The van der Waals surface area contributed by atoms with Crippen LogP contribution in [0.3, 0.4) is 0 Å². The molecule has 0 atom stereocenters. The monoisotopic (exact) mass is 367 g/mol.